The number of nitrogens with one attached hydrogen (secondary N) is 1. The number of carbonyl (C=O) groups excluding carboxylic acids is 3. The molecule has 1 amide bonds. The highest BCUT2D eigenvalue weighted by molar-refractivity contribution is 5.91. The molecule has 0 unspecified atom stereocenters. The Morgan fingerprint density at radius 2 is 1.71 bits per heavy atom. The Balaban J connectivity index is 2.96. The van der Waals surface area contributed by atoms with Gasteiger partial charge in [-0.1, -0.05) is 6.07 Å². The molecule has 2 N–H and O–H groups in total. The molecule has 0 saturated carbocycles. The Labute approximate surface area is 159 Å². The van der Waals surface area contributed by atoms with E-state index in [9.17, 15) is 33.1 Å². The average Bonchev–Trinajstić information content (AvgIpc) is 2.61. The van der Waals surface area contributed by atoms with Crippen LogP contribution in [0.2, 0.25) is 0 Å². The number of hydrogen-bond acceptors (Lipinski definition) is 6. The molecule has 1 aromatic rings. The maximum absolute atomic E-state index is 13.2. The van der Waals surface area contributed by atoms with Crippen LogP contribution in [0.1, 0.15) is 25.8 Å². The van der Waals surface area contributed by atoms with Gasteiger partial charge in [-0.15, -0.1) is 0 Å². The number of amides is 1. The highest BCUT2D eigenvalue weighted by atomic mass is 19.2. The van der Waals surface area contributed by atoms with Gasteiger partial charge in [0.2, 0.25) is 5.91 Å². The summed E-state index contributed by atoms with van der Waals surface area (Å²) in [4.78, 5) is 47.6. The maximum atomic E-state index is 13.2. The molecule has 0 aliphatic rings. The van der Waals surface area contributed by atoms with Crippen molar-refractivity contribution in [3.8, 4) is 0 Å². The van der Waals surface area contributed by atoms with Gasteiger partial charge in [0, 0.05) is 0 Å². The summed E-state index contributed by atoms with van der Waals surface area (Å²) in [6, 6.07) is 1.01. The molecule has 1 aromatic carbocycles. The molecule has 8 nitrogen and oxygen atoms in total. The lowest BCUT2D eigenvalue weighted by atomic mass is 9.95. The number of carbonyl (C=O) groups is 4. The van der Waals surface area contributed by atoms with Crippen molar-refractivity contribution in [3.05, 3.63) is 35.4 Å². The molecule has 2 atom stereocenters. The van der Waals surface area contributed by atoms with Crippen LogP contribution in [0, 0.1) is 17.6 Å². The monoisotopic (exact) mass is 401 g/mol. The zero-order valence-corrected chi connectivity index (χ0v) is 15.4. The topological polar surface area (TPSA) is 119 Å². The summed E-state index contributed by atoms with van der Waals surface area (Å²) in [6.45, 7) is 2.99. The van der Waals surface area contributed by atoms with Crippen molar-refractivity contribution in [1.29, 1.82) is 0 Å². The van der Waals surface area contributed by atoms with Crippen molar-refractivity contribution in [2.45, 2.75) is 32.7 Å². The van der Waals surface area contributed by atoms with Gasteiger partial charge in [0.1, 0.15) is 6.04 Å². The van der Waals surface area contributed by atoms with Gasteiger partial charge in [-0.05, 0) is 31.5 Å². The minimum atomic E-state index is -1.78. The predicted octanol–water partition coefficient (Wildman–Crippen LogP) is 1.21. The van der Waals surface area contributed by atoms with E-state index in [2.05, 4.69) is 5.32 Å². The number of carboxylic acid groups (broad SMARTS) is 1. The third-order valence-electron chi connectivity index (χ3n) is 3.61. The summed E-state index contributed by atoms with van der Waals surface area (Å²) in [5.41, 5.74) is 0.0959. The Morgan fingerprint density at radius 1 is 1.07 bits per heavy atom. The Hall–Kier alpha value is -3.04. The lowest BCUT2D eigenvalue weighted by molar-refractivity contribution is -0.160. The van der Waals surface area contributed by atoms with Gasteiger partial charge in [0.25, 0.3) is 0 Å². The summed E-state index contributed by atoms with van der Waals surface area (Å²) in [5, 5.41) is 11.5. The van der Waals surface area contributed by atoms with Crippen LogP contribution in [-0.4, -0.2) is 48.2 Å². The van der Waals surface area contributed by atoms with E-state index in [0.29, 0.717) is 0 Å². The first-order chi connectivity index (χ1) is 13.2. The summed E-state index contributed by atoms with van der Waals surface area (Å²) < 4.78 is 35.7. The van der Waals surface area contributed by atoms with Crippen LogP contribution in [0.15, 0.2) is 18.2 Å². The molecule has 0 heterocycles. The Kier molecular flexibility index (Phi) is 9.00. The van der Waals surface area contributed by atoms with Crippen LogP contribution >= 0.6 is 0 Å². The number of aliphatic carboxylic acids is 1. The molecule has 154 valence electrons. The third-order valence-corrected chi connectivity index (χ3v) is 3.61. The van der Waals surface area contributed by atoms with Gasteiger partial charge < -0.3 is 19.9 Å². The normalized spacial score (nSPS) is 12.6. The van der Waals surface area contributed by atoms with E-state index in [-0.39, 0.29) is 18.8 Å². The maximum Gasteiger partial charge on any atom is 0.327 e. The molecular weight excluding hydrogens is 380 g/mol. The zero-order chi connectivity index (χ0) is 21.3. The molecule has 0 bridgehead atoms. The van der Waals surface area contributed by atoms with E-state index in [0.717, 1.165) is 18.2 Å². The molecule has 28 heavy (non-hydrogen) atoms. The molecule has 0 spiro atoms. The Bertz CT molecular complexity index is 739. The van der Waals surface area contributed by atoms with Gasteiger partial charge in [-0.2, -0.15) is 0 Å². The quantitative estimate of drug-likeness (QED) is 0.566. The van der Waals surface area contributed by atoms with Crippen LogP contribution in [0.3, 0.4) is 0 Å². The summed E-state index contributed by atoms with van der Waals surface area (Å²) in [7, 11) is 0. The molecule has 10 heteroatoms. The standard InChI is InChI=1S/C18H21F2NO7/c1-3-27-15(23)9-11(18(26)28-4-2)16(17(24)25)21-14(22)8-10-5-6-12(19)13(20)7-10/h5-7,11,16H,3-4,8-9H2,1-2H3,(H,21,22)(H,24,25)/t11-,16-/m0/s1. The molecule has 0 aromatic heterocycles. The molecule has 0 fully saturated rings. The first-order valence-electron chi connectivity index (χ1n) is 8.47. The first-order valence-corrected chi connectivity index (χ1v) is 8.47. The van der Waals surface area contributed by atoms with E-state index in [4.69, 9.17) is 9.47 Å². The van der Waals surface area contributed by atoms with Crippen LogP contribution in [0.5, 0.6) is 0 Å². The van der Waals surface area contributed by atoms with E-state index >= 15 is 0 Å². The second-order valence-corrected chi connectivity index (χ2v) is 5.68. The summed E-state index contributed by atoms with van der Waals surface area (Å²) in [5.74, 6) is -8.03. The minimum Gasteiger partial charge on any atom is -0.480 e. The molecule has 0 saturated heterocycles. The predicted molar refractivity (Wildman–Crippen MR) is 91.0 cm³/mol. The van der Waals surface area contributed by atoms with Crippen molar-refractivity contribution in [3.63, 3.8) is 0 Å². The number of halogens is 2. The van der Waals surface area contributed by atoms with Gasteiger partial charge in [0.15, 0.2) is 11.6 Å². The number of rotatable bonds is 10. The van der Waals surface area contributed by atoms with Crippen molar-refractivity contribution in [1.82, 2.24) is 5.32 Å². The molecule has 0 aliphatic carbocycles. The second kappa shape index (κ2) is 11.0. The number of benzene rings is 1. The van der Waals surface area contributed by atoms with E-state index < -0.39 is 60.3 Å². The summed E-state index contributed by atoms with van der Waals surface area (Å²) >= 11 is 0. The molecule has 0 aliphatic heterocycles. The highest BCUT2D eigenvalue weighted by Crippen LogP contribution is 2.15. The number of esters is 2. The highest BCUT2D eigenvalue weighted by Gasteiger charge is 2.38. The third kappa shape index (κ3) is 6.93. The smallest absolute Gasteiger partial charge is 0.327 e. The van der Waals surface area contributed by atoms with Gasteiger partial charge in [0.05, 0.1) is 32.0 Å². The van der Waals surface area contributed by atoms with Gasteiger partial charge >= 0.3 is 17.9 Å². The minimum absolute atomic E-state index is 0.0224. The van der Waals surface area contributed by atoms with Gasteiger partial charge in [-0.3, -0.25) is 14.4 Å². The van der Waals surface area contributed by atoms with Crippen LogP contribution in [0.4, 0.5) is 8.78 Å². The lowest BCUT2D eigenvalue weighted by Gasteiger charge is -2.22. The fourth-order valence-electron chi connectivity index (χ4n) is 2.38. The average molecular weight is 401 g/mol. The van der Waals surface area contributed by atoms with Crippen LogP contribution in [-0.2, 0) is 35.1 Å². The van der Waals surface area contributed by atoms with Crippen molar-refractivity contribution >= 4 is 23.8 Å². The second-order valence-electron chi connectivity index (χ2n) is 5.68. The van der Waals surface area contributed by atoms with Crippen molar-refractivity contribution in [2.75, 3.05) is 13.2 Å². The lowest BCUT2D eigenvalue weighted by Crippen LogP contribution is -2.50. The number of hydrogen-bond donors (Lipinski definition) is 2. The fraction of sp³-hybridized carbons (Fsp3) is 0.444. The molecular formula is C18H21F2NO7. The Morgan fingerprint density at radius 3 is 2.25 bits per heavy atom. The van der Waals surface area contributed by atoms with Crippen molar-refractivity contribution < 1.29 is 42.5 Å². The van der Waals surface area contributed by atoms with Crippen LogP contribution in [0.25, 0.3) is 0 Å². The largest absolute Gasteiger partial charge is 0.480 e. The SMILES string of the molecule is CCOC(=O)C[C@H](C(=O)OCC)[C@H](NC(=O)Cc1ccc(F)c(F)c1)C(=O)O. The molecule has 0 radical (unpaired) electrons. The van der Waals surface area contributed by atoms with Crippen molar-refractivity contribution in [2.24, 2.45) is 5.92 Å². The number of ether oxygens (including phenoxy) is 2. The van der Waals surface area contributed by atoms with E-state index in [1.165, 1.54) is 13.8 Å². The van der Waals surface area contributed by atoms with E-state index in [1.807, 2.05) is 0 Å². The van der Waals surface area contributed by atoms with Crippen LogP contribution < -0.4 is 5.32 Å². The number of carboxylic acids is 1. The first kappa shape index (κ1) is 23.0. The summed E-state index contributed by atoms with van der Waals surface area (Å²) in [6.07, 6.45) is -1.08. The van der Waals surface area contributed by atoms with Gasteiger partial charge in [-0.25, -0.2) is 13.6 Å². The fourth-order valence-corrected chi connectivity index (χ4v) is 2.38. The zero-order valence-electron chi connectivity index (χ0n) is 15.4. The van der Waals surface area contributed by atoms with E-state index in [1.54, 1.807) is 0 Å². The molecule has 1 rings (SSSR count).